The Morgan fingerprint density at radius 2 is 0.630 bits per heavy atom. The smallest absolute Gasteiger partial charge is 0.182 e. The summed E-state index contributed by atoms with van der Waals surface area (Å²) in [5.74, 6) is 3.08. The molecular formula is C64H45BrN8. The molecule has 0 aliphatic heterocycles. The van der Waals surface area contributed by atoms with Crippen LogP contribution in [0.5, 0.6) is 0 Å². The third-order valence-corrected chi connectivity index (χ3v) is 13.3. The van der Waals surface area contributed by atoms with Gasteiger partial charge in [0.25, 0.3) is 0 Å². The quantitative estimate of drug-likeness (QED) is 0.172. The van der Waals surface area contributed by atoms with E-state index >= 15 is 0 Å². The molecule has 0 aliphatic carbocycles. The van der Waals surface area contributed by atoms with Crippen molar-refractivity contribution in [2.75, 3.05) is 0 Å². The van der Waals surface area contributed by atoms with Crippen molar-refractivity contribution in [3.63, 3.8) is 0 Å². The zero-order valence-electron chi connectivity index (χ0n) is 39.4. The fourth-order valence-corrected chi connectivity index (χ4v) is 9.54. The van der Waals surface area contributed by atoms with Crippen molar-refractivity contribution in [2.24, 2.45) is 0 Å². The SMILES string of the molecule is Brc1ccc(-n2nc(-c3ccccc3)nc2-c2ccccc2)cc1.c1ccc(-c2nc(-c3ccccc3)n(-c3ccc(-n4c5ccccc5c5ccccc54)cc3)n2)cc1.c1ccc2c(c1)[nH]c1ccccc12. The van der Waals surface area contributed by atoms with Crippen LogP contribution >= 0.6 is 15.9 Å². The Hall–Kier alpha value is -9.44. The average Bonchev–Trinajstić information content (AvgIpc) is 4.28. The second kappa shape index (κ2) is 20.1. The summed E-state index contributed by atoms with van der Waals surface area (Å²) in [4.78, 5) is 13.1. The number of hydrogen-bond donors (Lipinski definition) is 1. The molecule has 0 fully saturated rings. The molecule has 8 nitrogen and oxygen atoms in total. The minimum absolute atomic E-state index is 0.709. The van der Waals surface area contributed by atoms with Crippen molar-refractivity contribution in [1.82, 2.24) is 39.1 Å². The Balaban J connectivity index is 0.000000125. The van der Waals surface area contributed by atoms with E-state index in [1.165, 1.54) is 43.6 Å². The number of H-pyrrole nitrogens is 1. The van der Waals surface area contributed by atoms with Gasteiger partial charge in [-0.3, -0.25) is 0 Å². The fourth-order valence-electron chi connectivity index (χ4n) is 9.28. The number of benzene rings is 10. The molecule has 0 atom stereocenters. The summed E-state index contributed by atoms with van der Waals surface area (Å²) >= 11 is 3.48. The third kappa shape index (κ3) is 9.13. The van der Waals surface area contributed by atoms with Crippen LogP contribution in [0, 0.1) is 0 Å². The highest BCUT2D eigenvalue weighted by Crippen LogP contribution is 2.33. The molecule has 73 heavy (non-hydrogen) atoms. The number of fused-ring (bicyclic) bond motifs is 6. The summed E-state index contributed by atoms with van der Waals surface area (Å²) in [6.45, 7) is 0. The second-order valence-corrected chi connectivity index (χ2v) is 18.3. The molecule has 348 valence electrons. The third-order valence-electron chi connectivity index (χ3n) is 12.8. The van der Waals surface area contributed by atoms with Crippen molar-refractivity contribution < 1.29 is 0 Å². The van der Waals surface area contributed by atoms with Gasteiger partial charge in [-0.05, 0) is 72.8 Å². The number of aromatic nitrogens is 8. The molecule has 0 bridgehead atoms. The van der Waals surface area contributed by atoms with Crippen molar-refractivity contribution in [3.8, 4) is 62.6 Å². The van der Waals surface area contributed by atoms with Crippen LogP contribution in [-0.2, 0) is 0 Å². The monoisotopic (exact) mass is 1000 g/mol. The molecule has 4 heterocycles. The predicted molar refractivity (Wildman–Crippen MR) is 302 cm³/mol. The van der Waals surface area contributed by atoms with Crippen LogP contribution in [0.4, 0.5) is 0 Å². The molecule has 0 saturated carbocycles. The van der Waals surface area contributed by atoms with E-state index in [9.17, 15) is 0 Å². The van der Waals surface area contributed by atoms with Gasteiger partial charge in [0, 0.05) is 65.0 Å². The minimum atomic E-state index is 0.709. The fraction of sp³-hybridized carbons (Fsp3) is 0. The highest BCUT2D eigenvalue weighted by atomic mass is 79.9. The maximum absolute atomic E-state index is 4.93. The van der Waals surface area contributed by atoms with Crippen LogP contribution < -0.4 is 0 Å². The van der Waals surface area contributed by atoms with Crippen LogP contribution in [0.1, 0.15) is 0 Å². The molecule has 0 saturated heterocycles. The first kappa shape index (κ1) is 44.7. The lowest BCUT2D eigenvalue weighted by molar-refractivity contribution is 0.889. The molecule has 14 rings (SSSR count). The number of nitrogens with zero attached hydrogens (tertiary/aromatic N) is 7. The lowest BCUT2D eigenvalue weighted by Gasteiger charge is -2.10. The van der Waals surface area contributed by atoms with Crippen LogP contribution in [0.25, 0.3) is 106 Å². The lowest BCUT2D eigenvalue weighted by atomic mass is 10.2. The summed E-state index contributed by atoms with van der Waals surface area (Å²) < 4.78 is 7.19. The largest absolute Gasteiger partial charge is 0.355 e. The molecule has 0 amide bonds. The summed E-state index contributed by atoms with van der Waals surface area (Å²) in [7, 11) is 0. The molecule has 0 aliphatic rings. The van der Waals surface area contributed by atoms with Crippen LogP contribution in [0.15, 0.2) is 271 Å². The Morgan fingerprint density at radius 1 is 0.301 bits per heavy atom. The highest BCUT2D eigenvalue weighted by Gasteiger charge is 2.18. The molecule has 0 unspecified atom stereocenters. The molecule has 10 aromatic carbocycles. The summed E-state index contributed by atoms with van der Waals surface area (Å²) in [6.07, 6.45) is 0. The van der Waals surface area contributed by atoms with Gasteiger partial charge in [0.15, 0.2) is 23.3 Å². The first-order valence-corrected chi connectivity index (χ1v) is 24.9. The van der Waals surface area contributed by atoms with Crippen molar-refractivity contribution in [3.05, 3.63) is 271 Å². The summed E-state index contributed by atoms with van der Waals surface area (Å²) in [5, 5.41) is 14.8. The van der Waals surface area contributed by atoms with E-state index in [-0.39, 0.29) is 0 Å². The van der Waals surface area contributed by atoms with E-state index in [1.807, 2.05) is 143 Å². The lowest BCUT2D eigenvalue weighted by Crippen LogP contribution is -2.01. The normalized spacial score (nSPS) is 11.1. The number of halogens is 1. The first-order valence-electron chi connectivity index (χ1n) is 24.1. The Kier molecular flexibility index (Phi) is 12.3. The number of nitrogens with one attached hydrogen (secondary N) is 1. The number of rotatable bonds is 7. The van der Waals surface area contributed by atoms with Gasteiger partial charge in [-0.1, -0.05) is 210 Å². The molecule has 1 N–H and O–H groups in total. The molecular weight excluding hydrogens is 961 g/mol. The van der Waals surface area contributed by atoms with E-state index in [0.717, 1.165) is 61.3 Å². The van der Waals surface area contributed by atoms with Crippen molar-refractivity contribution in [2.45, 2.75) is 0 Å². The van der Waals surface area contributed by atoms with Gasteiger partial charge in [0.2, 0.25) is 0 Å². The van der Waals surface area contributed by atoms with Gasteiger partial charge in [-0.2, -0.15) is 0 Å². The Morgan fingerprint density at radius 3 is 1.05 bits per heavy atom. The zero-order chi connectivity index (χ0) is 48.9. The van der Waals surface area contributed by atoms with E-state index in [0.29, 0.717) is 5.82 Å². The van der Waals surface area contributed by atoms with Gasteiger partial charge >= 0.3 is 0 Å². The highest BCUT2D eigenvalue weighted by molar-refractivity contribution is 9.10. The van der Waals surface area contributed by atoms with Crippen molar-refractivity contribution in [1.29, 1.82) is 0 Å². The maximum Gasteiger partial charge on any atom is 0.182 e. The van der Waals surface area contributed by atoms with Gasteiger partial charge in [0.1, 0.15) is 0 Å². The minimum Gasteiger partial charge on any atom is -0.355 e. The van der Waals surface area contributed by atoms with Gasteiger partial charge < -0.3 is 9.55 Å². The first-order chi connectivity index (χ1) is 36.1. The molecule has 9 heteroatoms. The van der Waals surface area contributed by atoms with Gasteiger partial charge in [-0.25, -0.2) is 19.3 Å². The number of aromatic amines is 1. The van der Waals surface area contributed by atoms with Gasteiger partial charge in [-0.15, -0.1) is 10.2 Å². The zero-order valence-corrected chi connectivity index (χ0v) is 41.0. The van der Waals surface area contributed by atoms with E-state index in [2.05, 4.69) is 159 Å². The van der Waals surface area contributed by atoms with E-state index < -0.39 is 0 Å². The van der Waals surface area contributed by atoms with Crippen LogP contribution in [-0.4, -0.2) is 39.1 Å². The standard InChI is InChI=1S/C32H22N4.C20H14BrN3.C12H9N/c1-3-11-23(12-4-1)31-33-32(24-13-5-2-6-14-24)36(34-31)26-21-19-25(20-22-26)35-29-17-9-7-15-27(29)28-16-8-10-18-30(28)35;21-17-11-13-18(14-12-17)24-20(16-9-5-2-6-10-16)22-19(23-24)15-7-3-1-4-8-15;1-3-7-11-9(5-1)10-6-2-4-8-12(10)13-11/h1-22H;1-14H;1-8,13H. The number of para-hydroxylation sites is 4. The van der Waals surface area contributed by atoms with Crippen molar-refractivity contribution >= 4 is 59.5 Å². The average molecular weight is 1010 g/mol. The Labute approximate surface area is 430 Å². The number of hydrogen-bond acceptors (Lipinski definition) is 4. The van der Waals surface area contributed by atoms with Crippen LogP contribution in [0.3, 0.4) is 0 Å². The van der Waals surface area contributed by atoms with E-state index in [1.54, 1.807) is 0 Å². The molecule has 0 radical (unpaired) electrons. The molecule has 4 aromatic heterocycles. The summed E-state index contributed by atoms with van der Waals surface area (Å²) in [6, 6.07) is 91.0. The summed E-state index contributed by atoms with van der Waals surface area (Å²) in [5.41, 5.74) is 11.9. The predicted octanol–water partition coefficient (Wildman–Crippen LogP) is 16.4. The van der Waals surface area contributed by atoms with Gasteiger partial charge in [0.05, 0.1) is 22.4 Å². The molecule has 14 aromatic rings. The van der Waals surface area contributed by atoms with E-state index in [4.69, 9.17) is 20.2 Å². The maximum atomic E-state index is 4.93. The topological polar surface area (TPSA) is 82.1 Å². The van der Waals surface area contributed by atoms with Crippen LogP contribution in [0.2, 0.25) is 0 Å². The molecule has 0 spiro atoms. The second-order valence-electron chi connectivity index (χ2n) is 17.4. The Bertz CT molecular complexity index is 4020.